The molecule has 20 heavy (non-hydrogen) atoms. The van der Waals surface area contributed by atoms with E-state index in [1.54, 1.807) is 0 Å². The van der Waals surface area contributed by atoms with Gasteiger partial charge in [-0.3, -0.25) is 0 Å². The van der Waals surface area contributed by atoms with Crippen molar-refractivity contribution in [3.63, 3.8) is 0 Å². The topological polar surface area (TPSA) is 38.5 Å². The Kier molecular flexibility index (Phi) is 7.63. The first-order valence-corrected chi connectivity index (χ1v) is 7.68. The molecule has 0 fully saturated rings. The highest BCUT2D eigenvalue weighted by atomic mass is 16.5. The standard InChI is InChI=1S/C17H30N2O/c1-5-12-20-16-8-6-15(7-9-16)13-19(4)11-10-17(18)14(2)3/h6-9,14,17H,5,10-13,18H2,1-4H3. The minimum atomic E-state index is 0.294. The zero-order valence-corrected chi connectivity index (χ0v) is 13.4. The Morgan fingerprint density at radius 3 is 2.40 bits per heavy atom. The van der Waals surface area contributed by atoms with E-state index in [0.29, 0.717) is 12.0 Å². The summed E-state index contributed by atoms with van der Waals surface area (Å²) in [5.41, 5.74) is 7.40. The molecule has 114 valence electrons. The fourth-order valence-electron chi connectivity index (χ4n) is 2.00. The fraction of sp³-hybridized carbons (Fsp3) is 0.647. The van der Waals surface area contributed by atoms with E-state index in [2.05, 4.69) is 57.0 Å². The van der Waals surface area contributed by atoms with Gasteiger partial charge in [0.2, 0.25) is 0 Å². The average molecular weight is 278 g/mol. The Morgan fingerprint density at radius 2 is 1.85 bits per heavy atom. The number of rotatable bonds is 9. The van der Waals surface area contributed by atoms with E-state index in [1.807, 2.05) is 0 Å². The molecule has 0 aliphatic carbocycles. The van der Waals surface area contributed by atoms with E-state index >= 15 is 0 Å². The number of nitrogens with two attached hydrogens (primary N) is 1. The van der Waals surface area contributed by atoms with E-state index in [0.717, 1.165) is 38.3 Å². The van der Waals surface area contributed by atoms with Gasteiger partial charge in [0.05, 0.1) is 6.61 Å². The lowest BCUT2D eigenvalue weighted by molar-refractivity contribution is 0.295. The molecule has 0 saturated carbocycles. The van der Waals surface area contributed by atoms with Gasteiger partial charge in [-0.2, -0.15) is 0 Å². The fourth-order valence-corrected chi connectivity index (χ4v) is 2.00. The van der Waals surface area contributed by atoms with E-state index in [9.17, 15) is 0 Å². The van der Waals surface area contributed by atoms with Crippen LogP contribution >= 0.6 is 0 Å². The van der Waals surface area contributed by atoms with E-state index in [4.69, 9.17) is 10.5 Å². The molecule has 1 rings (SSSR count). The maximum atomic E-state index is 6.08. The third-order valence-electron chi connectivity index (χ3n) is 3.55. The number of nitrogens with zero attached hydrogens (tertiary/aromatic N) is 1. The molecular weight excluding hydrogens is 248 g/mol. The lowest BCUT2D eigenvalue weighted by atomic mass is 10.0. The van der Waals surface area contributed by atoms with Gasteiger partial charge in [0.15, 0.2) is 0 Å². The normalized spacial score (nSPS) is 12.9. The summed E-state index contributed by atoms with van der Waals surface area (Å²) >= 11 is 0. The second-order valence-electron chi connectivity index (χ2n) is 5.93. The van der Waals surface area contributed by atoms with Gasteiger partial charge in [-0.15, -0.1) is 0 Å². The van der Waals surface area contributed by atoms with Crippen molar-refractivity contribution in [3.05, 3.63) is 29.8 Å². The molecule has 1 aromatic rings. The largest absolute Gasteiger partial charge is 0.494 e. The van der Waals surface area contributed by atoms with Crippen LogP contribution in [0.3, 0.4) is 0 Å². The number of benzene rings is 1. The third-order valence-corrected chi connectivity index (χ3v) is 3.55. The molecule has 0 amide bonds. The van der Waals surface area contributed by atoms with Crippen molar-refractivity contribution < 1.29 is 4.74 Å². The van der Waals surface area contributed by atoms with Gasteiger partial charge in [-0.25, -0.2) is 0 Å². The van der Waals surface area contributed by atoms with Crippen LogP contribution in [0.1, 0.15) is 39.2 Å². The monoisotopic (exact) mass is 278 g/mol. The van der Waals surface area contributed by atoms with Crippen LogP contribution in [0, 0.1) is 5.92 Å². The summed E-state index contributed by atoms with van der Waals surface area (Å²) in [5.74, 6) is 1.51. The SMILES string of the molecule is CCCOc1ccc(CN(C)CCC(N)C(C)C)cc1. The van der Waals surface area contributed by atoms with Gasteiger partial charge in [0.1, 0.15) is 5.75 Å². The Balaban J connectivity index is 2.36. The first-order chi connectivity index (χ1) is 9.52. The van der Waals surface area contributed by atoms with E-state index in [1.165, 1.54) is 5.56 Å². The summed E-state index contributed by atoms with van der Waals surface area (Å²) in [7, 11) is 2.15. The molecule has 0 aliphatic heterocycles. The number of hydrogen-bond donors (Lipinski definition) is 1. The molecule has 1 aromatic carbocycles. The minimum Gasteiger partial charge on any atom is -0.494 e. The molecule has 0 saturated heterocycles. The van der Waals surface area contributed by atoms with Gasteiger partial charge in [-0.1, -0.05) is 32.9 Å². The van der Waals surface area contributed by atoms with Gasteiger partial charge in [0.25, 0.3) is 0 Å². The summed E-state index contributed by atoms with van der Waals surface area (Å²) in [4.78, 5) is 2.32. The van der Waals surface area contributed by atoms with Crippen molar-refractivity contribution in [3.8, 4) is 5.75 Å². The Bertz CT molecular complexity index is 362. The van der Waals surface area contributed by atoms with Gasteiger partial charge in [0, 0.05) is 12.6 Å². The predicted octanol–water partition coefficient (Wildman–Crippen LogP) is 3.28. The highest BCUT2D eigenvalue weighted by Crippen LogP contribution is 2.14. The molecule has 0 aromatic heterocycles. The van der Waals surface area contributed by atoms with Crippen molar-refractivity contribution in [1.82, 2.24) is 4.90 Å². The van der Waals surface area contributed by atoms with Crippen molar-refractivity contribution in [2.24, 2.45) is 11.7 Å². The van der Waals surface area contributed by atoms with Crippen LogP contribution in [-0.2, 0) is 6.54 Å². The van der Waals surface area contributed by atoms with Crippen LogP contribution in [-0.4, -0.2) is 31.1 Å². The molecule has 1 atom stereocenters. The van der Waals surface area contributed by atoms with Gasteiger partial charge >= 0.3 is 0 Å². The summed E-state index contributed by atoms with van der Waals surface area (Å²) in [5, 5.41) is 0. The van der Waals surface area contributed by atoms with Crippen LogP contribution in [0.4, 0.5) is 0 Å². The molecule has 0 aliphatic rings. The van der Waals surface area contributed by atoms with Crippen molar-refractivity contribution in [1.29, 1.82) is 0 Å². The zero-order chi connectivity index (χ0) is 15.0. The van der Waals surface area contributed by atoms with Crippen LogP contribution in [0.2, 0.25) is 0 Å². The Hall–Kier alpha value is -1.06. The van der Waals surface area contributed by atoms with Crippen LogP contribution in [0.25, 0.3) is 0 Å². The van der Waals surface area contributed by atoms with Crippen LogP contribution in [0.15, 0.2) is 24.3 Å². The lowest BCUT2D eigenvalue weighted by Gasteiger charge is -2.21. The predicted molar refractivity (Wildman–Crippen MR) is 86.0 cm³/mol. The lowest BCUT2D eigenvalue weighted by Crippen LogP contribution is -2.31. The average Bonchev–Trinajstić information content (AvgIpc) is 2.44. The summed E-state index contributed by atoms with van der Waals surface area (Å²) < 4.78 is 5.59. The van der Waals surface area contributed by atoms with E-state index in [-0.39, 0.29) is 0 Å². The van der Waals surface area contributed by atoms with E-state index < -0.39 is 0 Å². The molecule has 2 N–H and O–H groups in total. The highest BCUT2D eigenvalue weighted by molar-refractivity contribution is 5.27. The number of ether oxygens (including phenoxy) is 1. The van der Waals surface area contributed by atoms with Crippen molar-refractivity contribution >= 4 is 0 Å². The summed E-state index contributed by atoms with van der Waals surface area (Å²) in [6.45, 7) is 9.25. The van der Waals surface area contributed by atoms with Crippen molar-refractivity contribution in [2.45, 2.75) is 46.2 Å². The van der Waals surface area contributed by atoms with Gasteiger partial charge < -0.3 is 15.4 Å². The number of hydrogen-bond acceptors (Lipinski definition) is 3. The zero-order valence-electron chi connectivity index (χ0n) is 13.4. The minimum absolute atomic E-state index is 0.294. The third kappa shape index (κ3) is 6.40. The Labute approximate surface area is 124 Å². The van der Waals surface area contributed by atoms with Crippen LogP contribution < -0.4 is 10.5 Å². The molecule has 0 heterocycles. The molecule has 0 spiro atoms. The van der Waals surface area contributed by atoms with Crippen LogP contribution in [0.5, 0.6) is 5.75 Å². The smallest absolute Gasteiger partial charge is 0.119 e. The quantitative estimate of drug-likeness (QED) is 0.753. The Morgan fingerprint density at radius 1 is 1.20 bits per heavy atom. The first-order valence-electron chi connectivity index (χ1n) is 7.68. The molecule has 1 unspecified atom stereocenters. The first kappa shape index (κ1) is 17.0. The summed E-state index contributed by atoms with van der Waals surface area (Å²) in [6, 6.07) is 8.69. The molecule has 3 nitrogen and oxygen atoms in total. The van der Waals surface area contributed by atoms with Gasteiger partial charge in [-0.05, 0) is 50.0 Å². The molecule has 0 bridgehead atoms. The molecule has 0 radical (unpaired) electrons. The second kappa shape index (κ2) is 8.98. The highest BCUT2D eigenvalue weighted by Gasteiger charge is 2.09. The molecule has 3 heteroatoms. The summed E-state index contributed by atoms with van der Waals surface area (Å²) in [6.07, 6.45) is 2.09. The van der Waals surface area contributed by atoms with Crippen molar-refractivity contribution in [2.75, 3.05) is 20.2 Å². The second-order valence-corrected chi connectivity index (χ2v) is 5.93. The maximum absolute atomic E-state index is 6.08. The maximum Gasteiger partial charge on any atom is 0.119 e. The molecular formula is C17H30N2O.